The molecule has 0 saturated carbocycles. The summed E-state index contributed by atoms with van der Waals surface area (Å²) in [5.41, 5.74) is 2.06. The molecule has 0 fully saturated rings. The average molecular weight is 348 g/mol. The van der Waals surface area contributed by atoms with Crippen molar-refractivity contribution in [3.63, 3.8) is 0 Å². The Bertz CT molecular complexity index is 826. The molecule has 1 atom stereocenters. The first-order chi connectivity index (χ1) is 11.7. The molecule has 25 heavy (non-hydrogen) atoms. The topological polar surface area (TPSA) is 111 Å². The summed E-state index contributed by atoms with van der Waals surface area (Å²) in [7, 11) is 1.27. The van der Waals surface area contributed by atoms with Crippen LogP contribution in [0.25, 0.3) is 0 Å². The van der Waals surface area contributed by atoms with E-state index in [-0.39, 0.29) is 11.3 Å². The number of ketones is 1. The number of aromatic amines is 1. The molecule has 0 unspecified atom stereocenters. The van der Waals surface area contributed by atoms with Crippen LogP contribution < -0.4 is 0 Å². The highest BCUT2D eigenvalue weighted by Gasteiger charge is 2.29. The van der Waals surface area contributed by atoms with E-state index < -0.39 is 23.8 Å². The highest BCUT2D eigenvalue weighted by molar-refractivity contribution is 6.04. The number of carbonyl (C=O) groups is 3. The lowest BCUT2D eigenvalue weighted by molar-refractivity contribution is 0.0314. The quantitative estimate of drug-likeness (QED) is 0.652. The summed E-state index contributed by atoms with van der Waals surface area (Å²) in [5, 5.41) is 3.69. The van der Waals surface area contributed by atoms with Gasteiger partial charge in [0.05, 0.1) is 24.1 Å². The average Bonchev–Trinajstić information content (AvgIpc) is 3.04. The Morgan fingerprint density at radius 2 is 1.72 bits per heavy atom. The molecule has 2 aromatic rings. The van der Waals surface area contributed by atoms with Gasteiger partial charge in [0.15, 0.2) is 6.10 Å². The first-order valence-corrected chi connectivity index (χ1v) is 7.64. The fraction of sp³-hybridized carbons (Fsp3) is 0.412. The van der Waals surface area contributed by atoms with Crippen molar-refractivity contribution >= 4 is 17.7 Å². The van der Waals surface area contributed by atoms with Crippen LogP contribution in [0.15, 0.2) is 4.52 Å². The molecule has 0 saturated heterocycles. The molecule has 8 nitrogen and oxygen atoms in total. The summed E-state index contributed by atoms with van der Waals surface area (Å²) < 4.78 is 14.9. The number of hydrogen-bond donors (Lipinski definition) is 1. The lowest BCUT2D eigenvalue weighted by Gasteiger charge is -2.12. The summed E-state index contributed by atoms with van der Waals surface area (Å²) in [6.45, 7) is 7.96. The molecular formula is C17H20N2O6. The molecule has 0 radical (unpaired) electrons. The van der Waals surface area contributed by atoms with Crippen molar-refractivity contribution in [2.45, 2.75) is 40.7 Å². The van der Waals surface area contributed by atoms with Crippen molar-refractivity contribution in [1.82, 2.24) is 10.1 Å². The Morgan fingerprint density at radius 1 is 1.08 bits per heavy atom. The van der Waals surface area contributed by atoms with Crippen LogP contribution in [0.2, 0.25) is 0 Å². The number of nitrogens with one attached hydrogen (secondary N) is 1. The molecular weight excluding hydrogens is 328 g/mol. The summed E-state index contributed by atoms with van der Waals surface area (Å²) in [4.78, 5) is 39.5. The summed E-state index contributed by atoms with van der Waals surface area (Å²) in [5.74, 6) is -1.35. The fourth-order valence-corrected chi connectivity index (χ4v) is 2.66. The molecule has 0 aliphatic carbocycles. The van der Waals surface area contributed by atoms with Crippen LogP contribution in [0.5, 0.6) is 0 Å². The van der Waals surface area contributed by atoms with Gasteiger partial charge < -0.3 is 19.0 Å². The number of carbonyl (C=O) groups excluding carboxylic acids is 3. The Labute approximate surface area is 144 Å². The third-order valence-corrected chi connectivity index (χ3v) is 3.96. The number of ether oxygens (including phenoxy) is 2. The molecule has 2 aromatic heterocycles. The van der Waals surface area contributed by atoms with Gasteiger partial charge in [-0.25, -0.2) is 9.59 Å². The molecule has 0 aliphatic heterocycles. The Kier molecular flexibility index (Phi) is 5.10. The number of rotatable bonds is 5. The van der Waals surface area contributed by atoms with Crippen LogP contribution in [0.3, 0.4) is 0 Å². The third kappa shape index (κ3) is 3.33. The lowest BCUT2D eigenvalue weighted by atomic mass is 10.1. The highest BCUT2D eigenvalue weighted by atomic mass is 16.5. The summed E-state index contributed by atoms with van der Waals surface area (Å²) >= 11 is 0. The summed E-state index contributed by atoms with van der Waals surface area (Å²) in [6.07, 6.45) is -1.05. The van der Waals surface area contributed by atoms with Crippen LogP contribution in [0.1, 0.15) is 60.8 Å². The molecule has 0 amide bonds. The van der Waals surface area contributed by atoms with Crippen LogP contribution in [-0.4, -0.2) is 41.1 Å². The van der Waals surface area contributed by atoms with E-state index in [1.165, 1.54) is 14.0 Å². The summed E-state index contributed by atoms with van der Waals surface area (Å²) in [6, 6.07) is 0. The normalized spacial score (nSPS) is 11.9. The van der Waals surface area contributed by atoms with Crippen LogP contribution in [0, 0.1) is 27.7 Å². The van der Waals surface area contributed by atoms with Crippen molar-refractivity contribution in [3.8, 4) is 0 Å². The largest absolute Gasteiger partial charge is 0.465 e. The second-order valence-electron chi connectivity index (χ2n) is 5.73. The van der Waals surface area contributed by atoms with E-state index >= 15 is 0 Å². The first kappa shape index (κ1) is 18.4. The predicted molar refractivity (Wildman–Crippen MR) is 86.8 cm³/mol. The van der Waals surface area contributed by atoms with Gasteiger partial charge >= 0.3 is 11.9 Å². The maximum Gasteiger partial charge on any atom is 0.344 e. The molecule has 0 spiro atoms. The van der Waals surface area contributed by atoms with Crippen LogP contribution >= 0.6 is 0 Å². The van der Waals surface area contributed by atoms with E-state index in [2.05, 4.69) is 10.1 Å². The number of aromatic nitrogens is 2. The van der Waals surface area contributed by atoms with E-state index in [1.807, 2.05) is 0 Å². The maximum absolute atomic E-state index is 12.6. The third-order valence-electron chi connectivity index (χ3n) is 3.96. The Balaban J connectivity index is 2.24. The maximum atomic E-state index is 12.6. The van der Waals surface area contributed by atoms with E-state index in [0.29, 0.717) is 28.3 Å². The van der Waals surface area contributed by atoms with Crippen LogP contribution in [-0.2, 0) is 9.47 Å². The zero-order valence-electron chi connectivity index (χ0n) is 15.0. The van der Waals surface area contributed by atoms with Gasteiger partial charge in [-0.3, -0.25) is 4.79 Å². The minimum absolute atomic E-state index is 0.203. The van der Waals surface area contributed by atoms with Gasteiger partial charge in [-0.05, 0) is 40.2 Å². The molecule has 1 N–H and O–H groups in total. The van der Waals surface area contributed by atoms with Gasteiger partial charge in [0.1, 0.15) is 11.3 Å². The number of aryl methyl sites for hydroxylation is 3. The number of methoxy groups -OCH3 is 1. The Hall–Kier alpha value is -2.90. The highest BCUT2D eigenvalue weighted by Crippen LogP contribution is 2.21. The second-order valence-corrected chi connectivity index (χ2v) is 5.73. The minimum Gasteiger partial charge on any atom is -0.465 e. The minimum atomic E-state index is -1.05. The zero-order chi connectivity index (χ0) is 18.9. The smallest absolute Gasteiger partial charge is 0.344 e. The Morgan fingerprint density at radius 3 is 2.24 bits per heavy atom. The number of esters is 2. The second kappa shape index (κ2) is 6.92. The molecule has 134 valence electrons. The van der Waals surface area contributed by atoms with E-state index in [4.69, 9.17) is 14.0 Å². The number of hydrogen-bond acceptors (Lipinski definition) is 7. The molecule has 2 heterocycles. The number of Topliss-reactive ketones (excluding diaryl/α,β-unsaturated/α-hetero) is 1. The first-order valence-electron chi connectivity index (χ1n) is 7.64. The SMILES string of the molecule is COC(=O)c1c(C)[nH]c(C(=O)[C@@H](C)OC(=O)c2c(C)noc2C)c1C. The van der Waals surface area contributed by atoms with Crippen molar-refractivity contribution in [2.75, 3.05) is 7.11 Å². The lowest BCUT2D eigenvalue weighted by Crippen LogP contribution is -2.25. The van der Waals surface area contributed by atoms with Crippen LogP contribution in [0.4, 0.5) is 0 Å². The number of nitrogens with zero attached hydrogens (tertiary/aromatic N) is 1. The van der Waals surface area contributed by atoms with Gasteiger partial charge in [-0.15, -0.1) is 0 Å². The van der Waals surface area contributed by atoms with Gasteiger partial charge in [-0.2, -0.15) is 0 Å². The molecule has 0 bridgehead atoms. The van der Waals surface area contributed by atoms with Gasteiger partial charge in [0.25, 0.3) is 0 Å². The van der Waals surface area contributed by atoms with Crippen molar-refractivity contribution in [3.05, 3.63) is 39.5 Å². The van der Waals surface area contributed by atoms with E-state index in [9.17, 15) is 14.4 Å². The fourth-order valence-electron chi connectivity index (χ4n) is 2.66. The monoisotopic (exact) mass is 348 g/mol. The standard InChI is InChI=1S/C17H20N2O6/c1-7-12(16(21)23-6)8(2)18-14(7)15(20)11(5)24-17(22)13-9(3)19-25-10(13)4/h11,18H,1-6H3/t11-/m1/s1. The zero-order valence-corrected chi connectivity index (χ0v) is 15.0. The van der Waals surface area contributed by atoms with E-state index in [1.54, 1.807) is 27.7 Å². The van der Waals surface area contributed by atoms with Gasteiger partial charge in [-0.1, -0.05) is 5.16 Å². The van der Waals surface area contributed by atoms with Gasteiger partial charge in [0, 0.05) is 5.69 Å². The molecule has 2 rings (SSSR count). The van der Waals surface area contributed by atoms with Gasteiger partial charge in [0.2, 0.25) is 5.78 Å². The van der Waals surface area contributed by atoms with Crippen molar-refractivity contribution in [1.29, 1.82) is 0 Å². The van der Waals surface area contributed by atoms with E-state index in [0.717, 1.165) is 0 Å². The number of H-pyrrole nitrogens is 1. The molecule has 8 heteroatoms. The predicted octanol–water partition coefficient (Wildman–Crippen LogP) is 2.45. The molecule has 0 aromatic carbocycles. The van der Waals surface area contributed by atoms with Crippen molar-refractivity contribution in [2.24, 2.45) is 0 Å². The molecule has 0 aliphatic rings. The van der Waals surface area contributed by atoms with Crippen molar-refractivity contribution < 1.29 is 28.4 Å².